The first-order valence-corrected chi connectivity index (χ1v) is 7.22. The van der Waals surface area contributed by atoms with Gasteiger partial charge in [-0.15, -0.1) is 0 Å². The fourth-order valence-electron chi connectivity index (χ4n) is 2.31. The van der Waals surface area contributed by atoms with E-state index >= 15 is 0 Å². The number of rotatable bonds is 7. The highest BCUT2D eigenvalue weighted by molar-refractivity contribution is 5.84. The molecule has 1 aromatic heterocycles. The van der Waals surface area contributed by atoms with Crippen molar-refractivity contribution in [3.05, 3.63) is 34.7 Å². The molecule has 1 aromatic carbocycles. The number of hydrogen-bond acceptors (Lipinski definition) is 3. The number of nitrogens with zero attached hydrogens (tertiary/aromatic N) is 1. The van der Waals surface area contributed by atoms with E-state index in [1.165, 1.54) is 4.57 Å². The van der Waals surface area contributed by atoms with Crippen LogP contribution >= 0.6 is 0 Å². The zero-order valence-electron chi connectivity index (χ0n) is 12.3. The quantitative estimate of drug-likeness (QED) is 0.712. The molecular weight excluding hydrogens is 286 g/mol. The summed E-state index contributed by atoms with van der Waals surface area (Å²) in [5.41, 5.74) is 0.862. The van der Waals surface area contributed by atoms with Crippen LogP contribution in [-0.4, -0.2) is 32.6 Å². The van der Waals surface area contributed by atoms with Crippen molar-refractivity contribution in [2.75, 3.05) is 0 Å². The fourth-order valence-corrected chi connectivity index (χ4v) is 2.31. The topological polar surface area (TPSA) is 104 Å². The predicted molar refractivity (Wildman–Crippen MR) is 81.7 cm³/mol. The molecule has 0 radical (unpaired) electrons. The maximum atomic E-state index is 12.0. The number of para-hydroxylation sites is 2. The van der Waals surface area contributed by atoms with Crippen molar-refractivity contribution < 1.29 is 14.7 Å². The van der Waals surface area contributed by atoms with Gasteiger partial charge in [-0.25, -0.2) is 9.59 Å². The third kappa shape index (κ3) is 3.55. The first-order valence-electron chi connectivity index (χ1n) is 7.22. The second-order valence-electron chi connectivity index (χ2n) is 5.13. The number of nitrogens with one attached hydrogen (secondary N) is 2. The van der Waals surface area contributed by atoms with Gasteiger partial charge in [0.05, 0.1) is 11.0 Å². The fraction of sp³-hybridized carbons (Fsp3) is 0.400. The van der Waals surface area contributed by atoms with E-state index in [0.717, 1.165) is 6.42 Å². The molecule has 7 heteroatoms. The van der Waals surface area contributed by atoms with Crippen LogP contribution < -0.4 is 11.0 Å². The van der Waals surface area contributed by atoms with E-state index in [-0.39, 0.29) is 6.54 Å². The first kappa shape index (κ1) is 15.8. The molecule has 0 aliphatic carbocycles. The molecule has 2 aromatic rings. The number of imidazole rings is 1. The van der Waals surface area contributed by atoms with Gasteiger partial charge in [-0.2, -0.15) is 0 Å². The number of benzene rings is 1. The second-order valence-corrected chi connectivity index (χ2v) is 5.13. The van der Waals surface area contributed by atoms with Crippen molar-refractivity contribution in [1.29, 1.82) is 0 Å². The summed E-state index contributed by atoms with van der Waals surface area (Å²) in [6.07, 6.45) is 1.94. The minimum absolute atomic E-state index is 0.210. The minimum Gasteiger partial charge on any atom is -0.480 e. The van der Waals surface area contributed by atoms with Crippen LogP contribution in [0.25, 0.3) is 11.0 Å². The molecule has 0 fully saturated rings. The zero-order valence-corrected chi connectivity index (χ0v) is 12.3. The number of aliphatic carboxylic acids is 1. The predicted octanol–water partition coefficient (Wildman–Crippen LogP) is 1.09. The van der Waals surface area contributed by atoms with Crippen LogP contribution in [-0.2, 0) is 16.1 Å². The van der Waals surface area contributed by atoms with Crippen molar-refractivity contribution in [2.24, 2.45) is 0 Å². The lowest BCUT2D eigenvalue weighted by Crippen LogP contribution is -2.43. The summed E-state index contributed by atoms with van der Waals surface area (Å²) in [7, 11) is 0. The van der Waals surface area contributed by atoms with Crippen LogP contribution in [0.4, 0.5) is 0 Å². The summed E-state index contributed by atoms with van der Waals surface area (Å²) < 4.78 is 1.30. The maximum Gasteiger partial charge on any atom is 0.326 e. The number of H-pyrrole nitrogens is 1. The van der Waals surface area contributed by atoms with E-state index < -0.39 is 23.6 Å². The van der Waals surface area contributed by atoms with E-state index in [0.29, 0.717) is 23.9 Å². The molecule has 22 heavy (non-hydrogen) atoms. The number of fused-ring (bicyclic) bond motifs is 1. The van der Waals surface area contributed by atoms with E-state index in [2.05, 4.69) is 10.3 Å². The average molecular weight is 305 g/mol. The Hall–Kier alpha value is -2.57. The van der Waals surface area contributed by atoms with Gasteiger partial charge >= 0.3 is 11.7 Å². The molecule has 118 valence electrons. The lowest BCUT2D eigenvalue weighted by atomic mass is 10.1. The van der Waals surface area contributed by atoms with Crippen LogP contribution in [0.5, 0.6) is 0 Å². The van der Waals surface area contributed by atoms with Crippen molar-refractivity contribution in [3.8, 4) is 0 Å². The zero-order chi connectivity index (χ0) is 16.1. The highest BCUT2D eigenvalue weighted by Crippen LogP contribution is 2.08. The molecule has 1 atom stereocenters. The van der Waals surface area contributed by atoms with Crippen LogP contribution in [0.2, 0.25) is 0 Å². The lowest BCUT2D eigenvalue weighted by Gasteiger charge is -2.14. The normalized spacial score (nSPS) is 12.2. The van der Waals surface area contributed by atoms with E-state index in [1.54, 1.807) is 24.3 Å². The molecule has 1 heterocycles. The molecule has 0 saturated carbocycles. The monoisotopic (exact) mass is 305 g/mol. The number of carboxylic acids is 1. The van der Waals surface area contributed by atoms with Crippen LogP contribution in [0.15, 0.2) is 29.1 Å². The van der Waals surface area contributed by atoms with E-state index in [4.69, 9.17) is 5.11 Å². The number of carbonyl (C=O) groups is 2. The van der Waals surface area contributed by atoms with E-state index in [9.17, 15) is 14.4 Å². The summed E-state index contributed by atoms with van der Waals surface area (Å²) in [6.45, 7) is 1.74. The number of carboxylic acid groups (broad SMARTS) is 1. The van der Waals surface area contributed by atoms with Crippen molar-refractivity contribution in [3.63, 3.8) is 0 Å². The maximum absolute atomic E-state index is 12.0. The van der Waals surface area contributed by atoms with Gasteiger partial charge in [0.25, 0.3) is 0 Å². The van der Waals surface area contributed by atoms with Crippen molar-refractivity contribution in [2.45, 2.75) is 38.8 Å². The van der Waals surface area contributed by atoms with Crippen molar-refractivity contribution in [1.82, 2.24) is 14.9 Å². The smallest absolute Gasteiger partial charge is 0.326 e. The number of carbonyl (C=O) groups excluding carboxylic acids is 1. The lowest BCUT2D eigenvalue weighted by molar-refractivity contribution is -0.142. The van der Waals surface area contributed by atoms with Gasteiger partial charge < -0.3 is 15.4 Å². The van der Waals surface area contributed by atoms with Crippen molar-refractivity contribution >= 4 is 22.9 Å². The summed E-state index contributed by atoms with van der Waals surface area (Å²) in [5, 5.41) is 11.6. The van der Waals surface area contributed by atoms with Gasteiger partial charge in [-0.1, -0.05) is 31.9 Å². The third-order valence-corrected chi connectivity index (χ3v) is 3.46. The average Bonchev–Trinajstić information content (AvgIpc) is 2.79. The molecule has 0 aliphatic rings. The Labute approximate surface area is 127 Å². The molecule has 0 bridgehead atoms. The number of aromatic amines is 1. The summed E-state index contributed by atoms with van der Waals surface area (Å²) in [4.78, 5) is 37.7. The summed E-state index contributed by atoms with van der Waals surface area (Å²) in [6, 6.07) is 6.10. The Kier molecular flexibility index (Phi) is 4.98. The van der Waals surface area contributed by atoms with Gasteiger partial charge in [0.2, 0.25) is 5.91 Å². The standard InChI is InChI=1S/C15H19N3O4/c1-2-3-6-11(14(20)21)16-13(19)9-18-12-8-5-4-7-10(12)17-15(18)22/h4-5,7-8,11H,2-3,6,9H2,1H3,(H,16,19)(H,17,22)(H,20,21). The SMILES string of the molecule is CCCCC(NC(=O)Cn1c(=O)[nH]c2ccccc21)C(=O)O. The minimum atomic E-state index is -1.06. The summed E-state index contributed by atoms with van der Waals surface area (Å²) >= 11 is 0. The molecule has 3 N–H and O–H groups in total. The molecular formula is C15H19N3O4. The molecule has 0 spiro atoms. The molecule has 0 aliphatic heterocycles. The molecule has 2 rings (SSSR count). The van der Waals surface area contributed by atoms with Gasteiger partial charge in [-0.05, 0) is 18.6 Å². The van der Waals surface area contributed by atoms with Crippen LogP contribution in [0.3, 0.4) is 0 Å². The first-order chi connectivity index (χ1) is 10.5. The Balaban J connectivity index is 2.11. The number of hydrogen-bond donors (Lipinski definition) is 3. The number of unbranched alkanes of at least 4 members (excludes halogenated alkanes) is 1. The summed E-state index contributed by atoms with van der Waals surface area (Å²) in [5.74, 6) is -1.55. The van der Waals surface area contributed by atoms with Gasteiger partial charge in [-0.3, -0.25) is 9.36 Å². The molecule has 1 amide bonds. The highest BCUT2D eigenvalue weighted by Gasteiger charge is 2.20. The Morgan fingerprint density at radius 1 is 1.36 bits per heavy atom. The Morgan fingerprint density at radius 2 is 2.09 bits per heavy atom. The van der Waals surface area contributed by atoms with Gasteiger partial charge in [0, 0.05) is 0 Å². The van der Waals surface area contributed by atoms with Gasteiger partial charge in [0.15, 0.2) is 0 Å². The molecule has 0 saturated heterocycles. The Bertz CT molecular complexity index is 732. The number of aromatic nitrogens is 2. The molecule has 1 unspecified atom stereocenters. The number of amides is 1. The van der Waals surface area contributed by atoms with Crippen LogP contribution in [0, 0.1) is 0 Å². The largest absolute Gasteiger partial charge is 0.480 e. The molecule has 7 nitrogen and oxygen atoms in total. The second kappa shape index (κ2) is 6.93. The van der Waals surface area contributed by atoms with Crippen LogP contribution in [0.1, 0.15) is 26.2 Å². The highest BCUT2D eigenvalue weighted by atomic mass is 16.4. The Morgan fingerprint density at radius 3 is 2.77 bits per heavy atom. The van der Waals surface area contributed by atoms with E-state index in [1.807, 2.05) is 6.92 Å². The third-order valence-electron chi connectivity index (χ3n) is 3.46. The van der Waals surface area contributed by atoms with Gasteiger partial charge in [0.1, 0.15) is 12.6 Å².